The standard InChI is InChI=1S/C17H15ClO2/c1-20-14-6-7-15(16(18)10-14)17(19)13-8-11-4-2-3-5-12(11)9-13/h2-7,10,13H,8-9H2,1H3. The van der Waals surface area contributed by atoms with Crippen molar-refractivity contribution >= 4 is 17.4 Å². The Morgan fingerprint density at radius 3 is 2.35 bits per heavy atom. The van der Waals surface area contributed by atoms with E-state index in [1.165, 1.54) is 11.1 Å². The zero-order chi connectivity index (χ0) is 14.1. The number of benzene rings is 2. The minimum absolute atomic E-state index is 0.00158. The molecule has 1 aliphatic rings. The lowest BCUT2D eigenvalue weighted by atomic mass is 9.95. The minimum Gasteiger partial charge on any atom is -0.497 e. The molecule has 2 aromatic rings. The van der Waals surface area contributed by atoms with Crippen LogP contribution in [0.2, 0.25) is 5.02 Å². The van der Waals surface area contributed by atoms with Crippen molar-refractivity contribution in [2.24, 2.45) is 5.92 Å². The van der Waals surface area contributed by atoms with E-state index in [1.54, 1.807) is 25.3 Å². The van der Waals surface area contributed by atoms with Gasteiger partial charge in [0.05, 0.1) is 12.1 Å². The number of ketones is 1. The fourth-order valence-electron chi connectivity index (χ4n) is 2.79. The molecule has 0 atom stereocenters. The van der Waals surface area contributed by atoms with E-state index in [0.717, 1.165) is 12.8 Å². The van der Waals surface area contributed by atoms with Gasteiger partial charge in [0.2, 0.25) is 0 Å². The minimum atomic E-state index is -0.00158. The number of carbonyl (C=O) groups excluding carboxylic acids is 1. The Balaban J connectivity index is 1.85. The van der Waals surface area contributed by atoms with Gasteiger partial charge in [-0.25, -0.2) is 0 Å². The molecule has 2 nitrogen and oxygen atoms in total. The van der Waals surface area contributed by atoms with Gasteiger partial charge in [-0.3, -0.25) is 4.79 Å². The summed E-state index contributed by atoms with van der Waals surface area (Å²) in [6, 6.07) is 13.5. The van der Waals surface area contributed by atoms with Gasteiger partial charge in [0.25, 0.3) is 0 Å². The molecule has 0 radical (unpaired) electrons. The number of ether oxygens (including phenoxy) is 1. The van der Waals surface area contributed by atoms with Gasteiger partial charge in [-0.2, -0.15) is 0 Å². The van der Waals surface area contributed by atoms with Gasteiger partial charge in [0.15, 0.2) is 5.78 Å². The van der Waals surface area contributed by atoms with Crippen molar-refractivity contribution < 1.29 is 9.53 Å². The first kappa shape index (κ1) is 13.2. The summed E-state index contributed by atoms with van der Waals surface area (Å²) in [5.74, 6) is 0.786. The maximum Gasteiger partial charge on any atom is 0.168 e. The zero-order valence-electron chi connectivity index (χ0n) is 11.2. The molecule has 0 spiro atoms. The van der Waals surface area contributed by atoms with E-state index >= 15 is 0 Å². The fraction of sp³-hybridized carbons (Fsp3) is 0.235. The Morgan fingerprint density at radius 2 is 1.80 bits per heavy atom. The van der Waals surface area contributed by atoms with Gasteiger partial charge in [0, 0.05) is 11.5 Å². The van der Waals surface area contributed by atoms with Crippen LogP contribution in [-0.2, 0) is 12.8 Å². The summed E-state index contributed by atoms with van der Waals surface area (Å²) < 4.78 is 5.11. The van der Waals surface area contributed by atoms with Gasteiger partial charge in [-0.15, -0.1) is 0 Å². The molecule has 102 valence electrons. The second kappa shape index (κ2) is 5.29. The van der Waals surface area contributed by atoms with E-state index in [-0.39, 0.29) is 11.7 Å². The normalized spacial score (nSPS) is 14.1. The molecule has 20 heavy (non-hydrogen) atoms. The average molecular weight is 287 g/mol. The summed E-state index contributed by atoms with van der Waals surface area (Å²) >= 11 is 6.19. The third kappa shape index (κ3) is 2.32. The first-order chi connectivity index (χ1) is 9.69. The third-order valence-corrected chi connectivity index (χ3v) is 4.18. The lowest BCUT2D eigenvalue weighted by Gasteiger charge is -2.10. The second-order valence-corrected chi connectivity index (χ2v) is 5.49. The number of halogens is 1. The predicted octanol–water partition coefficient (Wildman–Crippen LogP) is 3.95. The van der Waals surface area contributed by atoms with Crippen LogP contribution in [0.4, 0.5) is 0 Å². The maximum absolute atomic E-state index is 12.6. The average Bonchev–Trinajstić information content (AvgIpc) is 2.90. The number of Topliss-reactive ketones (excluding diaryl/α,β-unsaturated/α-hetero) is 1. The topological polar surface area (TPSA) is 26.3 Å². The van der Waals surface area contributed by atoms with E-state index in [4.69, 9.17) is 16.3 Å². The summed E-state index contributed by atoms with van der Waals surface area (Å²) in [6.07, 6.45) is 1.61. The second-order valence-electron chi connectivity index (χ2n) is 5.08. The van der Waals surface area contributed by atoms with Crippen molar-refractivity contribution in [1.82, 2.24) is 0 Å². The molecule has 0 heterocycles. The highest BCUT2D eigenvalue weighted by molar-refractivity contribution is 6.34. The molecular formula is C17H15ClO2. The van der Waals surface area contributed by atoms with Crippen LogP contribution in [0.3, 0.4) is 0 Å². The number of rotatable bonds is 3. The van der Waals surface area contributed by atoms with E-state index in [2.05, 4.69) is 12.1 Å². The molecule has 0 aromatic heterocycles. The Labute approximate surface area is 123 Å². The smallest absolute Gasteiger partial charge is 0.168 e. The van der Waals surface area contributed by atoms with Crippen molar-refractivity contribution in [3.05, 3.63) is 64.2 Å². The van der Waals surface area contributed by atoms with Crippen LogP contribution in [0.5, 0.6) is 5.75 Å². The molecule has 0 bridgehead atoms. The highest BCUT2D eigenvalue weighted by Gasteiger charge is 2.28. The van der Waals surface area contributed by atoms with Crippen LogP contribution in [0, 0.1) is 5.92 Å². The molecular weight excluding hydrogens is 272 g/mol. The van der Waals surface area contributed by atoms with Crippen LogP contribution >= 0.6 is 11.6 Å². The molecule has 0 saturated heterocycles. The van der Waals surface area contributed by atoms with Crippen LogP contribution in [-0.4, -0.2) is 12.9 Å². The SMILES string of the molecule is COc1ccc(C(=O)C2Cc3ccccc3C2)c(Cl)c1. The summed E-state index contributed by atoms with van der Waals surface area (Å²) in [7, 11) is 1.58. The molecule has 0 aliphatic heterocycles. The number of carbonyl (C=O) groups is 1. The molecule has 0 fully saturated rings. The lowest BCUT2D eigenvalue weighted by molar-refractivity contribution is 0.0925. The first-order valence-electron chi connectivity index (χ1n) is 6.63. The quantitative estimate of drug-likeness (QED) is 0.799. The Hall–Kier alpha value is -1.80. The lowest BCUT2D eigenvalue weighted by Crippen LogP contribution is -2.15. The number of fused-ring (bicyclic) bond motifs is 1. The molecule has 0 unspecified atom stereocenters. The molecule has 2 aromatic carbocycles. The summed E-state index contributed by atoms with van der Waals surface area (Å²) in [6.45, 7) is 0. The van der Waals surface area contributed by atoms with Crippen molar-refractivity contribution in [2.45, 2.75) is 12.8 Å². The monoisotopic (exact) mass is 286 g/mol. The van der Waals surface area contributed by atoms with Gasteiger partial charge < -0.3 is 4.74 Å². The number of methoxy groups -OCH3 is 1. The van der Waals surface area contributed by atoms with Crippen LogP contribution < -0.4 is 4.74 Å². The highest BCUT2D eigenvalue weighted by atomic mass is 35.5. The van der Waals surface area contributed by atoms with Gasteiger partial charge in [0.1, 0.15) is 5.75 Å². The van der Waals surface area contributed by atoms with Crippen molar-refractivity contribution in [1.29, 1.82) is 0 Å². The van der Waals surface area contributed by atoms with Gasteiger partial charge >= 0.3 is 0 Å². The van der Waals surface area contributed by atoms with Gasteiger partial charge in [-0.05, 0) is 42.2 Å². The number of hydrogen-bond acceptors (Lipinski definition) is 2. The summed E-state index contributed by atoms with van der Waals surface area (Å²) in [5.41, 5.74) is 3.14. The van der Waals surface area contributed by atoms with E-state index < -0.39 is 0 Å². The highest BCUT2D eigenvalue weighted by Crippen LogP contribution is 2.31. The fourth-order valence-corrected chi connectivity index (χ4v) is 3.05. The van der Waals surface area contributed by atoms with Crippen LogP contribution in [0.25, 0.3) is 0 Å². The zero-order valence-corrected chi connectivity index (χ0v) is 12.0. The molecule has 3 heteroatoms. The van der Waals surface area contributed by atoms with E-state index in [9.17, 15) is 4.79 Å². The van der Waals surface area contributed by atoms with Gasteiger partial charge in [-0.1, -0.05) is 35.9 Å². The van der Waals surface area contributed by atoms with Crippen LogP contribution in [0.1, 0.15) is 21.5 Å². The van der Waals surface area contributed by atoms with Crippen molar-refractivity contribution in [3.8, 4) is 5.75 Å². The Morgan fingerprint density at radius 1 is 1.15 bits per heavy atom. The van der Waals surface area contributed by atoms with E-state index in [1.807, 2.05) is 12.1 Å². The van der Waals surface area contributed by atoms with Crippen LogP contribution in [0.15, 0.2) is 42.5 Å². The Bertz CT molecular complexity index is 639. The summed E-state index contributed by atoms with van der Waals surface area (Å²) in [5, 5.41) is 0.463. The van der Waals surface area contributed by atoms with Crippen molar-refractivity contribution in [2.75, 3.05) is 7.11 Å². The molecule has 0 amide bonds. The molecule has 0 saturated carbocycles. The maximum atomic E-state index is 12.6. The molecule has 1 aliphatic carbocycles. The Kier molecular flexibility index (Phi) is 3.49. The first-order valence-corrected chi connectivity index (χ1v) is 7.01. The number of hydrogen-bond donors (Lipinski definition) is 0. The van der Waals surface area contributed by atoms with E-state index in [0.29, 0.717) is 16.3 Å². The predicted molar refractivity (Wildman–Crippen MR) is 79.7 cm³/mol. The van der Waals surface area contributed by atoms with Crippen molar-refractivity contribution in [3.63, 3.8) is 0 Å². The molecule has 0 N–H and O–H groups in total. The molecule has 3 rings (SSSR count). The third-order valence-electron chi connectivity index (χ3n) is 3.86. The summed E-state index contributed by atoms with van der Waals surface area (Å²) in [4.78, 5) is 12.6. The largest absolute Gasteiger partial charge is 0.497 e.